The summed E-state index contributed by atoms with van der Waals surface area (Å²) in [5.74, 6) is -0.659. The molecule has 6 nitrogen and oxygen atoms in total. The average Bonchev–Trinajstić information content (AvgIpc) is 2.50. The number of para-hydroxylation sites is 1. The van der Waals surface area contributed by atoms with Crippen molar-refractivity contribution in [3.05, 3.63) is 68.7 Å². The molecule has 0 unspecified atom stereocenters. The lowest BCUT2D eigenvalue weighted by molar-refractivity contribution is -0.385. The van der Waals surface area contributed by atoms with Crippen LogP contribution < -0.4 is 10.6 Å². The number of hydrogen-bond acceptors (Lipinski definition) is 4. The van der Waals surface area contributed by atoms with E-state index in [1.165, 1.54) is 24.3 Å². The summed E-state index contributed by atoms with van der Waals surface area (Å²) < 4.78 is 0. The van der Waals surface area contributed by atoms with Crippen molar-refractivity contribution in [1.82, 2.24) is 5.32 Å². The summed E-state index contributed by atoms with van der Waals surface area (Å²) in [6, 6.07) is 10.9. The molecular weight excluding hydrogens is 338 g/mol. The van der Waals surface area contributed by atoms with Gasteiger partial charge in [0.25, 0.3) is 11.6 Å². The van der Waals surface area contributed by atoms with Crippen molar-refractivity contribution in [3.63, 3.8) is 0 Å². The molecule has 0 spiro atoms. The predicted molar refractivity (Wildman–Crippen MR) is 93.0 cm³/mol. The number of thiocarbonyl (C=S) groups is 1. The first-order chi connectivity index (χ1) is 10.9. The quantitative estimate of drug-likeness (QED) is 0.501. The van der Waals surface area contributed by atoms with Crippen molar-refractivity contribution in [2.24, 2.45) is 0 Å². The summed E-state index contributed by atoms with van der Waals surface area (Å²) in [6.07, 6.45) is 0. The van der Waals surface area contributed by atoms with Crippen LogP contribution in [0.1, 0.15) is 15.9 Å². The van der Waals surface area contributed by atoms with Crippen molar-refractivity contribution < 1.29 is 9.72 Å². The van der Waals surface area contributed by atoms with E-state index < -0.39 is 10.8 Å². The van der Waals surface area contributed by atoms with E-state index in [0.717, 1.165) is 5.56 Å². The van der Waals surface area contributed by atoms with Crippen LogP contribution in [0, 0.1) is 17.0 Å². The molecule has 8 heteroatoms. The van der Waals surface area contributed by atoms with Gasteiger partial charge in [0, 0.05) is 16.8 Å². The summed E-state index contributed by atoms with van der Waals surface area (Å²) in [5, 5.41) is 16.7. The number of nitro benzene ring substituents is 1. The first kappa shape index (κ1) is 16.9. The van der Waals surface area contributed by atoms with Crippen LogP contribution in [-0.4, -0.2) is 15.9 Å². The van der Waals surface area contributed by atoms with Gasteiger partial charge < -0.3 is 5.32 Å². The molecular formula is C15H12ClN3O3S. The second kappa shape index (κ2) is 7.17. The first-order valence-corrected chi connectivity index (χ1v) is 7.29. The number of carbonyl (C=O) groups is 1. The van der Waals surface area contributed by atoms with Gasteiger partial charge in [-0.2, -0.15) is 0 Å². The summed E-state index contributed by atoms with van der Waals surface area (Å²) in [6.45, 7) is 1.86. The van der Waals surface area contributed by atoms with Gasteiger partial charge in [-0.05, 0) is 42.9 Å². The second-order valence-electron chi connectivity index (χ2n) is 4.65. The molecule has 2 aromatic carbocycles. The molecule has 23 heavy (non-hydrogen) atoms. The molecule has 0 saturated carbocycles. The lowest BCUT2D eigenvalue weighted by atomic mass is 10.1. The molecule has 1 amide bonds. The van der Waals surface area contributed by atoms with Gasteiger partial charge in [0.05, 0.1) is 4.92 Å². The Kier molecular flexibility index (Phi) is 5.25. The van der Waals surface area contributed by atoms with Gasteiger partial charge in [-0.15, -0.1) is 0 Å². The van der Waals surface area contributed by atoms with Gasteiger partial charge >= 0.3 is 0 Å². The number of amides is 1. The summed E-state index contributed by atoms with van der Waals surface area (Å²) >= 11 is 11.1. The molecule has 2 N–H and O–H groups in total. The van der Waals surface area contributed by atoms with Crippen LogP contribution in [0.5, 0.6) is 0 Å². The van der Waals surface area contributed by atoms with Gasteiger partial charge in [0.15, 0.2) is 5.11 Å². The highest BCUT2D eigenvalue weighted by Crippen LogP contribution is 2.20. The number of nitrogens with zero attached hydrogens (tertiary/aromatic N) is 1. The highest BCUT2D eigenvalue weighted by molar-refractivity contribution is 7.80. The predicted octanol–water partition coefficient (Wildman–Crippen LogP) is 3.68. The Morgan fingerprint density at radius 1 is 1.26 bits per heavy atom. The molecule has 0 saturated heterocycles. The lowest BCUT2D eigenvalue weighted by Gasteiger charge is -2.10. The molecule has 0 atom stereocenters. The minimum Gasteiger partial charge on any atom is -0.332 e. The number of rotatable bonds is 3. The Morgan fingerprint density at radius 3 is 2.61 bits per heavy atom. The number of anilines is 1. The van der Waals surface area contributed by atoms with Crippen LogP contribution in [0.2, 0.25) is 5.02 Å². The third-order valence-corrected chi connectivity index (χ3v) is 3.61. The zero-order valence-electron chi connectivity index (χ0n) is 12.0. The molecule has 0 aliphatic carbocycles. The van der Waals surface area contributed by atoms with Gasteiger partial charge in [0.2, 0.25) is 0 Å². The second-order valence-corrected chi connectivity index (χ2v) is 5.46. The standard InChI is InChI=1S/C15H12ClN3O3S/c1-9-6-7-10(8-12(9)16)17-15(23)18-14(20)11-4-2-3-5-13(11)19(21)22/h2-8H,1H3,(H2,17,18,20,23). The van der Waals surface area contributed by atoms with E-state index in [2.05, 4.69) is 10.6 Å². The van der Waals surface area contributed by atoms with E-state index in [9.17, 15) is 14.9 Å². The van der Waals surface area contributed by atoms with Crippen LogP contribution in [0.15, 0.2) is 42.5 Å². The number of aryl methyl sites for hydroxylation is 1. The molecule has 0 heterocycles. The van der Waals surface area contributed by atoms with Crippen molar-refractivity contribution in [1.29, 1.82) is 0 Å². The third-order valence-electron chi connectivity index (χ3n) is 3.00. The Morgan fingerprint density at radius 2 is 1.96 bits per heavy atom. The van der Waals surface area contributed by atoms with Crippen LogP contribution >= 0.6 is 23.8 Å². The fourth-order valence-electron chi connectivity index (χ4n) is 1.83. The Balaban J connectivity index is 2.10. The van der Waals surface area contributed by atoms with E-state index in [1.807, 2.05) is 6.92 Å². The maximum atomic E-state index is 12.1. The number of nitrogens with one attached hydrogen (secondary N) is 2. The van der Waals surface area contributed by atoms with E-state index in [1.54, 1.807) is 18.2 Å². The van der Waals surface area contributed by atoms with Crippen molar-refractivity contribution in [2.75, 3.05) is 5.32 Å². The van der Waals surface area contributed by atoms with Gasteiger partial charge in [0.1, 0.15) is 5.56 Å². The van der Waals surface area contributed by atoms with Crippen LogP contribution in [-0.2, 0) is 0 Å². The third kappa shape index (κ3) is 4.24. The fourth-order valence-corrected chi connectivity index (χ4v) is 2.22. The minimum atomic E-state index is -0.659. The average molecular weight is 350 g/mol. The molecule has 118 valence electrons. The Bertz CT molecular complexity index is 795. The normalized spacial score (nSPS) is 10.0. The largest absolute Gasteiger partial charge is 0.332 e. The van der Waals surface area contributed by atoms with E-state index in [4.69, 9.17) is 23.8 Å². The SMILES string of the molecule is Cc1ccc(NC(=S)NC(=O)c2ccccc2[N+](=O)[O-])cc1Cl. The topological polar surface area (TPSA) is 84.3 Å². The minimum absolute atomic E-state index is 0.0214. The first-order valence-electron chi connectivity index (χ1n) is 6.50. The number of nitro groups is 1. The molecule has 2 rings (SSSR count). The smallest absolute Gasteiger partial charge is 0.282 e. The van der Waals surface area contributed by atoms with Crippen LogP contribution in [0.4, 0.5) is 11.4 Å². The number of hydrogen-bond donors (Lipinski definition) is 2. The van der Waals surface area contributed by atoms with Gasteiger partial charge in [-0.25, -0.2) is 0 Å². The van der Waals surface area contributed by atoms with Crippen molar-refractivity contribution in [3.8, 4) is 0 Å². The molecule has 0 aliphatic heterocycles. The summed E-state index contributed by atoms with van der Waals surface area (Å²) in [7, 11) is 0. The molecule has 0 bridgehead atoms. The van der Waals surface area contributed by atoms with Crippen LogP contribution in [0.25, 0.3) is 0 Å². The van der Waals surface area contributed by atoms with E-state index >= 15 is 0 Å². The van der Waals surface area contributed by atoms with E-state index in [-0.39, 0.29) is 16.4 Å². The zero-order chi connectivity index (χ0) is 17.0. The van der Waals surface area contributed by atoms with Crippen LogP contribution in [0.3, 0.4) is 0 Å². The maximum absolute atomic E-state index is 12.1. The number of benzene rings is 2. The number of halogens is 1. The zero-order valence-corrected chi connectivity index (χ0v) is 13.6. The van der Waals surface area contributed by atoms with Gasteiger partial charge in [-0.1, -0.05) is 29.8 Å². The molecule has 0 radical (unpaired) electrons. The highest BCUT2D eigenvalue weighted by atomic mass is 35.5. The monoisotopic (exact) mass is 349 g/mol. The molecule has 0 aliphatic rings. The van der Waals surface area contributed by atoms with E-state index in [0.29, 0.717) is 10.7 Å². The molecule has 0 aromatic heterocycles. The Labute approximate surface area is 142 Å². The lowest BCUT2D eigenvalue weighted by Crippen LogP contribution is -2.34. The Hall–Kier alpha value is -2.51. The van der Waals surface area contributed by atoms with Gasteiger partial charge in [-0.3, -0.25) is 20.2 Å². The number of carbonyl (C=O) groups excluding carboxylic acids is 1. The summed E-state index contributed by atoms with van der Waals surface area (Å²) in [4.78, 5) is 22.4. The molecule has 2 aromatic rings. The summed E-state index contributed by atoms with van der Waals surface area (Å²) in [5.41, 5.74) is 1.16. The maximum Gasteiger partial charge on any atom is 0.282 e. The van der Waals surface area contributed by atoms with Crippen molar-refractivity contribution in [2.45, 2.75) is 6.92 Å². The highest BCUT2D eigenvalue weighted by Gasteiger charge is 2.19. The molecule has 0 fully saturated rings. The van der Waals surface area contributed by atoms with Crippen molar-refractivity contribution >= 4 is 46.2 Å². The fraction of sp³-hybridized carbons (Fsp3) is 0.0667.